The van der Waals surface area contributed by atoms with E-state index in [-0.39, 0.29) is 17.6 Å². The maximum Gasteiger partial charge on any atom is 0.193 e. The molecule has 0 bridgehead atoms. The van der Waals surface area contributed by atoms with Crippen molar-refractivity contribution in [3.05, 3.63) is 77.2 Å². The SMILES string of the molecule is O=C(Cc1cc(=O)c2cc(I)cc(I)c2o1)c1ccccc1. The first kappa shape index (κ1) is 15.7. The van der Waals surface area contributed by atoms with Gasteiger partial charge in [-0.1, -0.05) is 30.3 Å². The lowest BCUT2D eigenvalue weighted by Crippen LogP contribution is -2.08. The van der Waals surface area contributed by atoms with E-state index in [2.05, 4.69) is 45.2 Å². The van der Waals surface area contributed by atoms with Crippen LogP contribution in [0.1, 0.15) is 16.1 Å². The normalized spacial score (nSPS) is 10.8. The van der Waals surface area contributed by atoms with Crippen molar-refractivity contribution < 1.29 is 9.21 Å². The summed E-state index contributed by atoms with van der Waals surface area (Å²) in [5.41, 5.74) is 1.04. The van der Waals surface area contributed by atoms with E-state index in [4.69, 9.17) is 4.42 Å². The Labute approximate surface area is 154 Å². The van der Waals surface area contributed by atoms with Crippen molar-refractivity contribution in [1.29, 1.82) is 0 Å². The zero-order valence-corrected chi connectivity index (χ0v) is 15.6. The van der Waals surface area contributed by atoms with Crippen molar-refractivity contribution in [2.75, 3.05) is 0 Å². The van der Waals surface area contributed by atoms with Crippen molar-refractivity contribution in [3.63, 3.8) is 0 Å². The van der Waals surface area contributed by atoms with Crippen molar-refractivity contribution in [3.8, 4) is 0 Å². The summed E-state index contributed by atoms with van der Waals surface area (Å²) in [6.45, 7) is 0. The highest BCUT2D eigenvalue weighted by molar-refractivity contribution is 14.1. The topological polar surface area (TPSA) is 47.3 Å². The molecule has 0 radical (unpaired) electrons. The molecule has 0 fully saturated rings. The fourth-order valence-electron chi connectivity index (χ4n) is 2.20. The monoisotopic (exact) mass is 516 g/mol. The van der Waals surface area contributed by atoms with E-state index in [9.17, 15) is 9.59 Å². The van der Waals surface area contributed by atoms with Crippen LogP contribution in [0.25, 0.3) is 11.0 Å². The fraction of sp³-hybridized carbons (Fsp3) is 0.0588. The number of halogens is 2. The van der Waals surface area contributed by atoms with Gasteiger partial charge in [0.1, 0.15) is 5.76 Å². The Balaban J connectivity index is 2.02. The minimum Gasteiger partial charge on any atom is -0.459 e. The summed E-state index contributed by atoms with van der Waals surface area (Å²) in [6.07, 6.45) is 0.0806. The van der Waals surface area contributed by atoms with Gasteiger partial charge in [-0.15, -0.1) is 0 Å². The third-order valence-corrected chi connectivity index (χ3v) is 4.65. The molecule has 0 amide bonds. The second kappa shape index (κ2) is 6.49. The molecule has 3 aromatic rings. The first-order chi connectivity index (χ1) is 10.5. The van der Waals surface area contributed by atoms with Gasteiger partial charge in [0.05, 0.1) is 15.4 Å². The van der Waals surface area contributed by atoms with E-state index in [0.29, 0.717) is 22.3 Å². The number of carbonyl (C=O) groups is 1. The van der Waals surface area contributed by atoms with Crippen LogP contribution < -0.4 is 5.43 Å². The Morgan fingerprint density at radius 1 is 1.05 bits per heavy atom. The average molecular weight is 516 g/mol. The Morgan fingerprint density at radius 2 is 1.77 bits per heavy atom. The van der Waals surface area contributed by atoms with E-state index < -0.39 is 0 Å². The second-order valence-corrected chi connectivity index (χ2v) is 7.22. The van der Waals surface area contributed by atoms with E-state index in [1.165, 1.54) is 6.07 Å². The highest BCUT2D eigenvalue weighted by Crippen LogP contribution is 2.23. The van der Waals surface area contributed by atoms with Crippen molar-refractivity contribution in [2.24, 2.45) is 0 Å². The van der Waals surface area contributed by atoms with Crippen LogP contribution in [-0.4, -0.2) is 5.78 Å². The first-order valence-electron chi connectivity index (χ1n) is 6.54. The van der Waals surface area contributed by atoms with Gasteiger partial charge in [0.15, 0.2) is 16.8 Å². The summed E-state index contributed by atoms with van der Waals surface area (Å²) in [7, 11) is 0. The first-order valence-corrected chi connectivity index (χ1v) is 8.70. The van der Waals surface area contributed by atoms with E-state index in [1.807, 2.05) is 24.3 Å². The molecule has 0 N–H and O–H groups in total. The van der Waals surface area contributed by atoms with Gasteiger partial charge >= 0.3 is 0 Å². The minimum atomic E-state index is -0.117. The van der Waals surface area contributed by atoms with E-state index in [1.54, 1.807) is 18.2 Å². The largest absolute Gasteiger partial charge is 0.459 e. The molecule has 0 unspecified atom stereocenters. The zero-order chi connectivity index (χ0) is 15.7. The molecule has 3 rings (SSSR count). The molecule has 0 saturated heterocycles. The van der Waals surface area contributed by atoms with Crippen LogP contribution in [0.15, 0.2) is 57.7 Å². The van der Waals surface area contributed by atoms with Crippen LogP contribution in [0.2, 0.25) is 0 Å². The lowest BCUT2D eigenvalue weighted by molar-refractivity contribution is 0.0987. The number of hydrogen-bond acceptors (Lipinski definition) is 3. The molecule has 3 nitrogen and oxygen atoms in total. The minimum absolute atomic E-state index is 0.0661. The maximum absolute atomic E-state index is 12.2. The van der Waals surface area contributed by atoms with E-state index in [0.717, 1.165) is 7.14 Å². The molecule has 0 saturated carbocycles. The van der Waals surface area contributed by atoms with Gasteiger partial charge in [0.2, 0.25) is 0 Å². The van der Waals surface area contributed by atoms with Gasteiger partial charge in [-0.25, -0.2) is 0 Å². The molecule has 0 atom stereocenters. The standard InChI is InChI=1S/C17H10I2O3/c18-11-6-13-16(21)9-12(22-17(13)14(19)7-11)8-15(20)10-4-2-1-3-5-10/h1-7,9H,8H2. The predicted molar refractivity (Wildman–Crippen MR) is 102 cm³/mol. The maximum atomic E-state index is 12.2. The molecular formula is C17H10I2O3. The summed E-state index contributed by atoms with van der Waals surface area (Å²) in [5.74, 6) is 0.328. The predicted octanol–water partition coefficient (Wildman–Crippen LogP) is 4.43. The summed E-state index contributed by atoms with van der Waals surface area (Å²) in [5, 5.41) is 0.548. The van der Waals surface area contributed by atoms with Crippen LogP contribution in [0.5, 0.6) is 0 Å². The molecule has 0 aliphatic carbocycles. The molecule has 1 heterocycles. The van der Waals surface area contributed by atoms with Crippen LogP contribution in [-0.2, 0) is 6.42 Å². The quantitative estimate of drug-likeness (QED) is 0.383. The van der Waals surface area contributed by atoms with Gasteiger partial charge < -0.3 is 4.42 Å². The Hall–Kier alpha value is -1.22. The Morgan fingerprint density at radius 3 is 2.50 bits per heavy atom. The number of benzene rings is 2. The third kappa shape index (κ3) is 3.24. The summed E-state index contributed by atoms with van der Waals surface area (Å²) in [4.78, 5) is 24.5. The highest BCUT2D eigenvalue weighted by Gasteiger charge is 2.13. The number of hydrogen-bond donors (Lipinski definition) is 0. The fourth-order valence-corrected chi connectivity index (χ4v) is 4.16. The molecule has 0 aliphatic rings. The molecule has 1 aromatic heterocycles. The number of carbonyl (C=O) groups excluding carboxylic acids is 1. The van der Waals surface area contributed by atoms with Crippen molar-refractivity contribution in [1.82, 2.24) is 0 Å². The number of ketones is 1. The second-order valence-electron chi connectivity index (χ2n) is 4.81. The number of fused-ring (bicyclic) bond motifs is 1. The summed E-state index contributed by atoms with van der Waals surface area (Å²) in [6, 6.07) is 14.2. The highest BCUT2D eigenvalue weighted by atomic mass is 127. The van der Waals surface area contributed by atoms with Gasteiger partial charge in [-0.2, -0.15) is 0 Å². The average Bonchev–Trinajstić information content (AvgIpc) is 2.49. The van der Waals surface area contributed by atoms with Gasteiger partial charge in [0, 0.05) is 15.2 Å². The number of rotatable bonds is 3. The zero-order valence-electron chi connectivity index (χ0n) is 11.3. The van der Waals surface area contributed by atoms with Crippen LogP contribution in [0.3, 0.4) is 0 Å². The van der Waals surface area contributed by atoms with Crippen LogP contribution >= 0.6 is 45.2 Å². The van der Waals surface area contributed by atoms with E-state index >= 15 is 0 Å². The smallest absolute Gasteiger partial charge is 0.193 e. The molecular weight excluding hydrogens is 506 g/mol. The number of Topliss-reactive ketones (excluding diaryl/α,β-unsaturated/α-hetero) is 1. The molecule has 22 heavy (non-hydrogen) atoms. The van der Waals surface area contributed by atoms with Crippen LogP contribution in [0.4, 0.5) is 0 Å². The van der Waals surface area contributed by atoms with Crippen molar-refractivity contribution >= 4 is 61.9 Å². The lowest BCUT2D eigenvalue weighted by Gasteiger charge is -2.05. The van der Waals surface area contributed by atoms with Gasteiger partial charge in [-0.05, 0) is 57.3 Å². The molecule has 5 heteroatoms. The van der Waals surface area contributed by atoms with Gasteiger partial charge in [-0.3, -0.25) is 9.59 Å². The molecule has 0 spiro atoms. The molecule has 0 aliphatic heterocycles. The molecule has 110 valence electrons. The van der Waals surface area contributed by atoms with Crippen LogP contribution in [0, 0.1) is 7.14 Å². The molecule has 2 aromatic carbocycles. The van der Waals surface area contributed by atoms with Crippen molar-refractivity contribution in [2.45, 2.75) is 6.42 Å². The Bertz CT molecular complexity index is 914. The van der Waals surface area contributed by atoms with Gasteiger partial charge in [0.25, 0.3) is 0 Å². The summed E-state index contributed by atoms with van der Waals surface area (Å²) < 4.78 is 7.64. The Kier molecular flexibility index (Phi) is 4.62. The third-order valence-electron chi connectivity index (χ3n) is 3.23. The summed E-state index contributed by atoms with van der Waals surface area (Å²) >= 11 is 4.31. The lowest BCUT2D eigenvalue weighted by atomic mass is 10.1.